The molecule has 0 spiro atoms. The predicted octanol–water partition coefficient (Wildman–Crippen LogP) is 1.08. The molecule has 1 amide bonds. The van der Waals surface area contributed by atoms with Crippen LogP contribution in [0.15, 0.2) is 24.3 Å². The number of benzene rings is 1. The predicted molar refractivity (Wildman–Crippen MR) is 70.9 cm³/mol. The summed E-state index contributed by atoms with van der Waals surface area (Å²) in [6.07, 6.45) is 0.191. The Kier molecular flexibility index (Phi) is 4.81. The third-order valence-electron chi connectivity index (χ3n) is 2.72. The highest BCUT2D eigenvalue weighted by Gasteiger charge is 2.31. The van der Waals surface area contributed by atoms with Crippen LogP contribution in [0.4, 0.5) is 0 Å². The summed E-state index contributed by atoms with van der Waals surface area (Å²) < 4.78 is 10.2. The second-order valence-electron chi connectivity index (χ2n) is 4.39. The Morgan fingerprint density at radius 3 is 2.65 bits per heavy atom. The van der Waals surface area contributed by atoms with Gasteiger partial charge in [0.05, 0.1) is 12.7 Å². The van der Waals surface area contributed by atoms with Crippen LogP contribution < -0.4 is 10.1 Å². The van der Waals surface area contributed by atoms with Crippen LogP contribution in [0.25, 0.3) is 0 Å². The molecule has 20 heavy (non-hydrogen) atoms. The first-order chi connectivity index (χ1) is 9.54. The first-order valence-corrected chi connectivity index (χ1v) is 6.44. The molecular weight excluding hydrogens is 286 g/mol. The molecule has 2 N–H and O–H groups in total. The summed E-state index contributed by atoms with van der Waals surface area (Å²) in [7, 11) is 0. The van der Waals surface area contributed by atoms with Gasteiger partial charge in [0.2, 0.25) is 0 Å². The highest BCUT2D eigenvalue weighted by molar-refractivity contribution is 6.30. The van der Waals surface area contributed by atoms with Gasteiger partial charge in [-0.2, -0.15) is 0 Å². The van der Waals surface area contributed by atoms with Crippen LogP contribution in [0, 0.1) is 0 Å². The van der Waals surface area contributed by atoms with E-state index in [4.69, 9.17) is 26.2 Å². The summed E-state index contributed by atoms with van der Waals surface area (Å²) in [5.41, 5.74) is 0. The van der Waals surface area contributed by atoms with Crippen LogP contribution in [0.3, 0.4) is 0 Å². The molecular formula is C13H14ClNO5. The van der Waals surface area contributed by atoms with Gasteiger partial charge in [-0.15, -0.1) is 0 Å². The quantitative estimate of drug-likeness (QED) is 0.736. The summed E-state index contributed by atoms with van der Waals surface area (Å²) in [5, 5.41) is 12.0. The molecule has 1 saturated heterocycles. The molecule has 1 fully saturated rings. The number of halogens is 1. The Labute approximate surface area is 120 Å². The van der Waals surface area contributed by atoms with Crippen LogP contribution in [-0.2, 0) is 14.3 Å². The largest absolute Gasteiger partial charge is 0.484 e. The smallest absolute Gasteiger partial charge is 0.326 e. The third-order valence-corrected chi connectivity index (χ3v) is 2.97. The maximum absolute atomic E-state index is 11.6. The standard InChI is InChI=1S/C13H14ClNO5/c14-8-1-3-9(4-2-8)20-7-12(16)15-11(13(17)18)5-10-6-19-10/h1-4,10-11H,5-7H2,(H,15,16)(H,17,18). The van der Waals surface area contributed by atoms with Crippen molar-refractivity contribution in [1.82, 2.24) is 5.32 Å². The topological polar surface area (TPSA) is 88.2 Å². The molecule has 2 atom stereocenters. The molecule has 1 aromatic rings. The van der Waals surface area contributed by atoms with Gasteiger partial charge in [-0.3, -0.25) is 4.79 Å². The van der Waals surface area contributed by atoms with Crippen molar-refractivity contribution in [3.05, 3.63) is 29.3 Å². The molecule has 0 aliphatic carbocycles. The summed E-state index contributed by atoms with van der Waals surface area (Å²) in [5.74, 6) is -1.09. The highest BCUT2D eigenvalue weighted by Crippen LogP contribution is 2.16. The fourth-order valence-electron chi connectivity index (χ4n) is 1.60. The number of rotatable bonds is 7. The molecule has 1 aromatic carbocycles. The van der Waals surface area contributed by atoms with E-state index in [0.29, 0.717) is 17.4 Å². The van der Waals surface area contributed by atoms with E-state index in [9.17, 15) is 9.59 Å². The maximum Gasteiger partial charge on any atom is 0.326 e. The second-order valence-corrected chi connectivity index (χ2v) is 4.83. The van der Waals surface area contributed by atoms with Gasteiger partial charge in [0.25, 0.3) is 5.91 Å². The van der Waals surface area contributed by atoms with Crippen molar-refractivity contribution in [3.63, 3.8) is 0 Å². The maximum atomic E-state index is 11.6. The average molecular weight is 300 g/mol. The van der Waals surface area contributed by atoms with Crippen molar-refractivity contribution >= 4 is 23.5 Å². The fraction of sp³-hybridized carbons (Fsp3) is 0.385. The van der Waals surface area contributed by atoms with Crippen LogP contribution in [0.1, 0.15) is 6.42 Å². The second kappa shape index (κ2) is 6.58. The van der Waals surface area contributed by atoms with E-state index in [1.54, 1.807) is 24.3 Å². The van der Waals surface area contributed by atoms with E-state index in [2.05, 4.69) is 5.32 Å². The molecule has 0 saturated carbocycles. The number of hydrogen-bond donors (Lipinski definition) is 2. The van der Waals surface area contributed by atoms with Crippen molar-refractivity contribution in [2.45, 2.75) is 18.6 Å². The lowest BCUT2D eigenvalue weighted by molar-refractivity contribution is -0.142. The molecule has 1 aliphatic rings. The van der Waals surface area contributed by atoms with Crippen molar-refractivity contribution in [2.24, 2.45) is 0 Å². The minimum atomic E-state index is -1.08. The molecule has 1 heterocycles. The summed E-state index contributed by atoms with van der Waals surface area (Å²) in [6.45, 7) is 0.290. The number of ether oxygens (including phenoxy) is 2. The highest BCUT2D eigenvalue weighted by atomic mass is 35.5. The third kappa shape index (κ3) is 4.71. The van der Waals surface area contributed by atoms with Gasteiger partial charge < -0.3 is 19.9 Å². The molecule has 1 aliphatic heterocycles. The van der Waals surface area contributed by atoms with E-state index in [0.717, 1.165) is 0 Å². The minimum absolute atomic E-state index is 0.0754. The zero-order chi connectivity index (χ0) is 14.5. The van der Waals surface area contributed by atoms with Gasteiger partial charge in [0.1, 0.15) is 11.8 Å². The summed E-state index contributed by atoms with van der Waals surface area (Å²) in [4.78, 5) is 22.6. The summed E-state index contributed by atoms with van der Waals surface area (Å²) >= 11 is 5.72. The number of carboxylic acids is 1. The molecule has 2 rings (SSSR count). The van der Waals surface area contributed by atoms with Gasteiger partial charge in [0.15, 0.2) is 6.61 Å². The molecule has 0 bridgehead atoms. The Morgan fingerprint density at radius 2 is 2.10 bits per heavy atom. The van der Waals surface area contributed by atoms with E-state index in [1.165, 1.54) is 0 Å². The van der Waals surface area contributed by atoms with E-state index in [1.807, 2.05) is 0 Å². The van der Waals surface area contributed by atoms with E-state index < -0.39 is 17.9 Å². The molecule has 6 nitrogen and oxygen atoms in total. The number of carboxylic acid groups (broad SMARTS) is 1. The van der Waals surface area contributed by atoms with Crippen molar-refractivity contribution in [2.75, 3.05) is 13.2 Å². The first kappa shape index (κ1) is 14.6. The SMILES string of the molecule is O=C(COc1ccc(Cl)cc1)NC(CC1CO1)C(=O)O. The number of epoxide rings is 1. The molecule has 0 aromatic heterocycles. The number of nitrogens with one attached hydrogen (secondary N) is 1. The molecule has 7 heteroatoms. The van der Waals surface area contributed by atoms with Crippen molar-refractivity contribution in [3.8, 4) is 5.75 Å². The van der Waals surface area contributed by atoms with E-state index >= 15 is 0 Å². The lowest BCUT2D eigenvalue weighted by Crippen LogP contribution is -2.43. The lowest BCUT2D eigenvalue weighted by Gasteiger charge is -2.13. The monoisotopic (exact) mass is 299 g/mol. The lowest BCUT2D eigenvalue weighted by atomic mass is 10.1. The zero-order valence-electron chi connectivity index (χ0n) is 10.5. The van der Waals surface area contributed by atoms with Crippen LogP contribution in [0.5, 0.6) is 5.75 Å². The Bertz CT molecular complexity index is 486. The number of carbonyl (C=O) groups excluding carboxylic acids is 1. The van der Waals surface area contributed by atoms with Crippen molar-refractivity contribution < 1.29 is 24.2 Å². The number of amides is 1. The van der Waals surface area contributed by atoms with Gasteiger partial charge >= 0.3 is 5.97 Å². The van der Waals surface area contributed by atoms with Crippen LogP contribution in [0.2, 0.25) is 5.02 Å². The van der Waals surface area contributed by atoms with Gasteiger partial charge in [-0.05, 0) is 24.3 Å². The molecule has 2 unspecified atom stereocenters. The van der Waals surface area contributed by atoms with Gasteiger partial charge in [-0.25, -0.2) is 4.79 Å². The minimum Gasteiger partial charge on any atom is -0.484 e. The van der Waals surface area contributed by atoms with Gasteiger partial charge in [-0.1, -0.05) is 11.6 Å². The zero-order valence-corrected chi connectivity index (χ0v) is 11.3. The summed E-state index contributed by atoms with van der Waals surface area (Å²) in [6, 6.07) is 5.58. The first-order valence-electron chi connectivity index (χ1n) is 6.07. The van der Waals surface area contributed by atoms with E-state index in [-0.39, 0.29) is 19.1 Å². The van der Waals surface area contributed by atoms with Crippen LogP contribution in [-0.4, -0.2) is 42.3 Å². The Balaban J connectivity index is 1.78. The molecule has 0 radical (unpaired) electrons. The Morgan fingerprint density at radius 1 is 1.45 bits per heavy atom. The Hall–Kier alpha value is -1.79. The fourth-order valence-corrected chi connectivity index (χ4v) is 1.73. The number of hydrogen-bond acceptors (Lipinski definition) is 4. The van der Waals surface area contributed by atoms with Gasteiger partial charge in [0, 0.05) is 11.4 Å². The van der Waals surface area contributed by atoms with Crippen LogP contribution >= 0.6 is 11.6 Å². The number of carbonyl (C=O) groups is 2. The average Bonchev–Trinajstić information content (AvgIpc) is 3.21. The van der Waals surface area contributed by atoms with Crippen molar-refractivity contribution in [1.29, 1.82) is 0 Å². The molecule has 108 valence electrons. The number of aliphatic carboxylic acids is 1. The normalized spacial score (nSPS) is 18.1.